The lowest BCUT2D eigenvalue weighted by molar-refractivity contribution is 0.668. The fraction of sp³-hybridized carbons (Fsp3) is 0.0217. The molecule has 0 saturated carbocycles. The van der Waals surface area contributed by atoms with Gasteiger partial charge in [-0.15, -0.1) is 0 Å². The minimum Gasteiger partial charge on any atom is -0.454 e. The van der Waals surface area contributed by atoms with Crippen LogP contribution in [0.5, 0.6) is 0 Å². The summed E-state index contributed by atoms with van der Waals surface area (Å²) in [6.45, 7) is 4.36. The van der Waals surface area contributed by atoms with Crippen molar-refractivity contribution in [1.82, 2.24) is 8.80 Å². The number of fused-ring (bicyclic) bond motifs is 18. The summed E-state index contributed by atoms with van der Waals surface area (Å²) in [5, 5.41) is 14.3. The number of aromatic nitrogens is 2. The molecule has 0 atom stereocenters. The van der Waals surface area contributed by atoms with Gasteiger partial charge in [0.15, 0.2) is 11.2 Å². The van der Waals surface area contributed by atoms with Crippen LogP contribution in [0.4, 0.5) is 34.1 Å². The molecule has 0 aliphatic rings. The topological polar surface area (TPSA) is 41.6 Å². The molecule has 0 spiro atoms. The highest BCUT2D eigenvalue weighted by molar-refractivity contribution is 6.38. The minimum atomic E-state index is 0.880. The third kappa shape index (κ3) is 7.73. The lowest BCUT2D eigenvalue weighted by Gasteiger charge is -2.27. The van der Waals surface area contributed by atoms with Crippen molar-refractivity contribution in [1.29, 1.82) is 0 Å². The second-order valence-electron chi connectivity index (χ2n) is 26.3. The first-order valence-electron chi connectivity index (χ1n) is 33.7. The van der Waals surface area contributed by atoms with Crippen LogP contribution < -0.4 is 9.80 Å². The number of anilines is 6. The van der Waals surface area contributed by atoms with E-state index in [-0.39, 0.29) is 0 Å². The van der Waals surface area contributed by atoms with Crippen LogP contribution in [-0.2, 0) is 0 Å². The Bertz CT molecular complexity index is 6370. The van der Waals surface area contributed by atoms with E-state index < -0.39 is 0 Å². The smallest absolute Gasteiger partial charge is 0.159 e. The fourth-order valence-electron chi connectivity index (χ4n) is 16.7. The summed E-state index contributed by atoms with van der Waals surface area (Å²) in [7, 11) is 0. The van der Waals surface area contributed by atoms with Crippen LogP contribution in [0.1, 0.15) is 11.1 Å². The zero-order valence-corrected chi connectivity index (χ0v) is 53.6. The monoisotopic (exact) mass is 1250 g/mol. The number of hydrogen-bond acceptors (Lipinski definition) is 4. The number of para-hydroxylation sites is 6. The molecule has 0 fully saturated rings. The molecule has 6 aromatic heterocycles. The summed E-state index contributed by atoms with van der Waals surface area (Å²) in [5.41, 5.74) is 28.8. The molecule has 6 nitrogen and oxygen atoms in total. The summed E-state index contributed by atoms with van der Waals surface area (Å²) in [6, 6.07) is 115. The Labute approximate surface area is 563 Å². The van der Waals surface area contributed by atoms with Crippen LogP contribution in [0.3, 0.4) is 0 Å². The SMILES string of the molecule is Cc1ccc2c(oc3ccccc32)c1N(c1ccccc1)c1ccc(-c2ccc3c(c2)c2cccc4c5c(-c6ccccc6)c6c(c(-c7ccccc7)c5n3c24)c2cccc3c4cc(-c5ccc(N(c7ccccc7)c7c(C)ccc8c7oc7ccccc78)cc5)ccc4n6c32)cc1. The summed E-state index contributed by atoms with van der Waals surface area (Å²) >= 11 is 0. The molecule has 0 amide bonds. The highest BCUT2D eigenvalue weighted by Gasteiger charge is 2.32. The van der Waals surface area contributed by atoms with Gasteiger partial charge < -0.3 is 27.4 Å². The van der Waals surface area contributed by atoms with E-state index >= 15 is 0 Å². The molecule has 21 aromatic rings. The van der Waals surface area contributed by atoms with Crippen molar-refractivity contribution in [3.05, 3.63) is 327 Å². The standard InChI is InChI=1S/C92H58N4O2/c1-55-37-49-71-67-29-15-17-35-79(67)97-91(71)85(55)93(63-25-11-5-12-26-63)65-45-39-57(40-46-65)61-43-51-77-75(53-61)69-31-19-33-73-83-82(60-23-9-4-10-24-60)90-84(81(59-21-7-3-8-22-59)89(83)95(77)87(69)73)74-34-20-32-70-76-54-62(44-52-78(76)96(90)88(70)74)58-41-47-66(48-42-58)94(64-27-13-6-14-28-64)86-56(2)38-50-72-68-30-16-18-36-80(68)98-92(72)86/h3-54H,1-2H3. The molecular weight excluding hydrogens is 1190 g/mol. The molecule has 458 valence electrons. The van der Waals surface area contributed by atoms with Crippen molar-refractivity contribution in [2.24, 2.45) is 0 Å². The maximum absolute atomic E-state index is 6.73. The number of rotatable bonds is 10. The molecule has 21 rings (SSSR count). The van der Waals surface area contributed by atoms with Gasteiger partial charge in [-0.05, 0) is 143 Å². The summed E-state index contributed by atoms with van der Waals surface area (Å²) in [5.74, 6) is 0. The van der Waals surface area contributed by atoms with Gasteiger partial charge >= 0.3 is 0 Å². The van der Waals surface area contributed by atoms with Crippen molar-refractivity contribution in [3.8, 4) is 44.5 Å². The predicted molar refractivity (Wildman–Crippen MR) is 411 cm³/mol. The first-order chi connectivity index (χ1) is 48.5. The van der Waals surface area contributed by atoms with Crippen molar-refractivity contribution in [3.63, 3.8) is 0 Å². The van der Waals surface area contributed by atoms with Gasteiger partial charge in [0.25, 0.3) is 0 Å². The maximum atomic E-state index is 6.73. The third-order valence-corrected chi connectivity index (χ3v) is 21.0. The first kappa shape index (κ1) is 54.5. The Balaban J connectivity index is 0.737. The van der Waals surface area contributed by atoms with Crippen molar-refractivity contribution >= 4 is 154 Å². The highest BCUT2D eigenvalue weighted by atomic mass is 16.3. The van der Waals surface area contributed by atoms with Gasteiger partial charge in [-0.3, -0.25) is 0 Å². The van der Waals surface area contributed by atoms with Crippen LogP contribution in [0.25, 0.3) is 165 Å². The van der Waals surface area contributed by atoms with Crippen molar-refractivity contribution < 1.29 is 8.83 Å². The van der Waals surface area contributed by atoms with Crippen LogP contribution in [0, 0.1) is 13.8 Å². The van der Waals surface area contributed by atoms with Gasteiger partial charge in [0.2, 0.25) is 0 Å². The molecule has 98 heavy (non-hydrogen) atoms. The normalized spacial score (nSPS) is 12.2. The molecule has 6 heteroatoms. The van der Waals surface area contributed by atoms with Gasteiger partial charge in [-0.2, -0.15) is 0 Å². The predicted octanol–water partition coefficient (Wildman–Crippen LogP) is 26.0. The van der Waals surface area contributed by atoms with Crippen LogP contribution in [-0.4, -0.2) is 8.80 Å². The third-order valence-electron chi connectivity index (χ3n) is 21.0. The summed E-state index contributed by atoms with van der Waals surface area (Å²) < 4.78 is 18.7. The van der Waals surface area contributed by atoms with Gasteiger partial charge in [-0.25, -0.2) is 0 Å². The number of nitrogens with zero attached hydrogens (tertiary/aromatic N) is 4. The van der Waals surface area contributed by atoms with E-state index in [1.165, 1.54) is 98.4 Å². The van der Waals surface area contributed by atoms with Gasteiger partial charge in [0.1, 0.15) is 11.2 Å². The number of furan rings is 2. The lowest BCUT2D eigenvalue weighted by atomic mass is 9.89. The van der Waals surface area contributed by atoms with Crippen molar-refractivity contribution in [2.45, 2.75) is 13.8 Å². The van der Waals surface area contributed by atoms with Gasteiger partial charge in [-0.1, -0.05) is 231 Å². The average Bonchev–Trinajstić information content (AvgIpc) is 1.50. The minimum absolute atomic E-state index is 0.880. The molecule has 0 saturated heterocycles. The van der Waals surface area contributed by atoms with E-state index in [9.17, 15) is 0 Å². The molecule has 0 radical (unpaired) electrons. The van der Waals surface area contributed by atoms with Gasteiger partial charge in [0, 0.05) is 98.5 Å². The summed E-state index contributed by atoms with van der Waals surface area (Å²) in [4.78, 5) is 4.69. The molecule has 15 aromatic carbocycles. The molecule has 6 heterocycles. The number of aryl methyl sites for hydroxylation is 2. The van der Waals surface area contributed by atoms with E-state index in [1.807, 2.05) is 12.1 Å². The second kappa shape index (κ2) is 20.8. The van der Waals surface area contributed by atoms with Crippen LogP contribution in [0.15, 0.2) is 324 Å². The zero-order valence-electron chi connectivity index (χ0n) is 53.6. The number of hydrogen-bond donors (Lipinski definition) is 0. The molecular formula is C92H58N4O2. The Morgan fingerprint density at radius 2 is 0.592 bits per heavy atom. The Morgan fingerprint density at radius 3 is 1.01 bits per heavy atom. The van der Waals surface area contributed by atoms with E-state index in [4.69, 9.17) is 8.83 Å². The second-order valence-corrected chi connectivity index (χ2v) is 26.3. The largest absolute Gasteiger partial charge is 0.454 e. The van der Waals surface area contributed by atoms with E-state index in [2.05, 4.69) is 336 Å². The van der Waals surface area contributed by atoms with E-state index in [0.29, 0.717) is 0 Å². The first-order valence-corrected chi connectivity index (χ1v) is 33.7. The molecule has 0 aliphatic carbocycles. The fourth-order valence-corrected chi connectivity index (χ4v) is 16.7. The summed E-state index contributed by atoms with van der Waals surface area (Å²) in [6.07, 6.45) is 0. The van der Waals surface area contributed by atoms with Crippen molar-refractivity contribution in [2.75, 3.05) is 9.80 Å². The Morgan fingerprint density at radius 1 is 0.245 bits per heavy atom. The average molecular weight is 1250 g/mol. The van der Waals surface area contributed by atoms with Crippen LogP contribution in [0.2, 0.25) is 0 Å². The highest BCUT2D eigenvalue weighted by Crippen LogP contribution is 2.55. The Kier molecular flexibility index (Phi) is 11.6. The van der Waals surface area contributed by atoms with E-state index in [1.54, 1.807) is 0 Å². The zero-order chi connectivity index (χ0) is 64.4. The Hall–Kier alpha value is -12.9. The van der Waals surface area contributed by atoms with Crippen LogP contribution >= 0.6 is 0 Å². The molecule has 0 bridgehead atoms. The van der Waals surface area contributed by atoms with E-state index in [0.717, 1.165) is 111 Å². The quantitative estimate of drug-likeness (QED) is 0.137. The lowest BCUT2D eigenvalue weighted by Crippen LogP contribution is -2.11. The van der Waals surface area contributed by atoms with Gasteiger partial charge in [0.05, 0.1) is 44.5 Å². The number of benzene rings is 15. The molecule has 0 aliphatic heterocycles. The maximum Gasteiger partial charge on any atom is 0.159 e. The molecule has 0 N–H and O–H groups in total. The molecule has 0 unspecified atom stereocenters.